The highest BCUT2D eigenvalue weighted by Crippen LogP contribution is 2.38. The monoisotopic (exact) mass is 280 g/mol. The predicted molar refractivity (Wildman–Crippen MR) is 66.1 cm³/mol. The summed E-state index contributed by atoms with van der Waals surface area (Å²) in [5.41, 5.74) is 5.49. The van der Waals surface area contributed by atoms with E-state index in [4.69, 9.17) is 10.5 Å². The van der Waals surface area contributed by atoms with Gasteiger partial charge in [-0.05, 0) is 18.1 Å². The minimum atomic E-state index is -0.747. The summed E-state index contributed by atoms with van der Waals surface area (Å²) in [6, 6.07) is 1.81. The Morgan fingerprint density at radius 1 is 1.61 bits per heavy atom. The third-order valence-corrected chi connectivity index (χ3v) is 2.34. The molecule has 0 aliphatic rings. The third-order valence-electron chi connectivity index (χ3n) is 2.34. The van der Waals surface area contributed by atoms with Crippen LogP contribution in [0.4, 0.5) is 10.1 Å². The number of aromatic hydroxyl groups is 1. The second-order valence-electron chi connectivity index (χ2n) is 3.43. The van der Waals surface area contributed by atoms with Crippen molar-refractivity contribution in [2.24, 2.45) is 5.73 Å². The SMILES string of the molecule is COc1cc([C@@H](N)CCF)cc([N+](=O)[O-])c1O.Cl. The third kappa shape index (κ3) is 3.44. The first-order valence-electron chi connectivity index (χ1n) is 4.88. The van der Waals surface area contributed by atoms with Crippen LogP contribution >= 0.6 is 12.4 Å². The van der Waals surface area contributed by atoms with E-state index in [0.29, 0.717) is 5.56 Å². The number of phenols is 1. The predicted octanol–water partition coefficient (Wildman–Crippen LogP) is 2.09. The zero-order valence-electron chi connectivity index (χ0n) is 9.63. The van der Waals surface area contributed by atoms with Crippen LogP contribution in [0.1, 0.15) is 18.0 Å². The molecule has 6 nitrogen and oxygen atoms in total. The smallest absolute Gasteiger partial charge is 0.314 e. The van der Waals surface area contributed by atoms with E-state index in [0.717, 1.165) is 6.07 Å². The van der Waals surface area contributed by atoms with Gasteiger partial charge in [-0.25, -0.2) is 0 Å². The van der Waals surface area contributed by atoms with E-state index in [1.807, 2.05) is 0 Å². The number of hydrogen-bond acceptors (Lipinski definition) is 5. The standard InChI is InChI=1S/C10H13FN2O4.ClH/c1-17-9-5-6(7(12)2-3-11)4-8(10(9)14)13(15)16;/h4-5,7,14H,2-3,12H2,1H3;1H/t7-;/m0./s1. The lowest BCUT2D eigenvalue weighted by atomic mass is 10.0. The van der Waals surface area contributed by atoms with Gasteiger partial charge in [-0.3, -0.25) is 14.5 Å². The molecule has 0 saturated heterocycles. The summed E-state index contributed by atoms with van der Waals surface area (Å²) in [6.07, 6.45) is 0.0467. The van der Waals surface area contributed by atoms with Crippen molar-refractivity contribution in [3.8, 4) is 11.5 Å². The summed E-state index contributed by atoms with van der Waals surface area (Å²) in [6.45, 7) is -0.627. The maximum Gasteiger partial charge on any atom is 0.314 e. The Bertz CT molecular complexity index is 431. The number of methoxy groups -OCH3 is 1. The Hall–Kier alpha value is -1.60. The van der Waals surface area contributed by atoms with Crippen LogP contribution < -0.4 is 10.5 Å². The Morgan fingerprint density at radius 3 is 2.67 bits per heavy atom. The fourth-order valence-electron chi connectivity index (χ4n) is 1.41. The van der Waals surface area contributed by atoms with Crippen LogP contribution in [0.5, 0.6) is 11.5 Å². The molecule has 0 amide bonds. The van der Waals surface area contributed by atoms with Gasteiger partial charge in [0, 0.05) is 12.1 Å². The maximum absolute atomic E-state index is 12.2. The van der Waals surface area contributed by atoms with Gasteiger partial charge in [-0.2, -0.15) is 0 Å². The number of hydrogen-bond donors (Lipinski definition) is 2. The van der Waals surface area contributed by atoms with E-state index in [9.17, 15) is 19.6 Å². The molecule has 1 aromatic carbocycles. The van der Waals surface area contributed by atoms with Crippen molar-refractivity contribution >= 4 is 18.1 Å². The van der Waals surface area contributed by atoms with E-state index < -0.39 is 29.1 Å². The molecule has 0 bridgehead atoms. The summed E-state index contributed by atoms with van der Waals surface area (Å²) >= 11 is 0. The number of alkyl halides is 1. The molecule has 0 fully saturated rings. The van der Waals surface area contributed by atoms with Crippen molar-refractivity contribution in [3.63, 3.8) is 0 Å². The average molecular weight is 281 g/mol. The highest BCUT2D eigenvalue weighted by atomic mass is 35.5. The Balaban J connectivity index is 0.00000289. The van der Waals surface area contributed by atoms with Gasteiger partial charge in [-0.15, -0.1) is 12.4 Å². The van der Waals surface area contributed by atoms with Crippen molar-refractivity contribution in [2.45, 2.75) is 12.5 Å². The first-order chi connectivity index (χ1) is 8.01. The number of phenolic OH excluding ortho intramolecular Hbond substituents is 1. The molecule has 8 heteroatoms. The summed E-state index contributed by atoms with van der Waals surface area (Å²) in [5, 5.41) is 20.2. The van der Waals surface area contributed by atoms with E-state index in [1.54, 1.807) is 0 Å². The summed E-state index contributed by atoms with van der Waals surface area (Å²) in [5.74, 6) is -0.614. The van der Waals surface area contributed by atoms with Gasteiger partial charge in [0.25, 0.3) is 0 Å². The molecule has 0 aliphatic heterocycles. The minimum Gasteiger partial charge on any atom is -0.500 e. The summed E-state index contributed by atoms with van der Waals surface area (Å²) in [4.78, 5) is 9.95. The number of nitro groups is 1. The molecular formula is C10H14ClFN2O4. The van der Waals surface area contributed by atoms with Crippen LogP contribution in [0, 0.1) is 10.1 Å². The molecule has 0 heterocycles. The second-order valence-corrected chi connectivity index (χ2v) is 3.43. The van der Waals surface area contributed by atoms with Crippen molar-refractivity contribution in [1.82, 2.24) is 0 Å². The number of nitrogens with zero attached hydrogens (tertiary/aromatic N) is 1. The van der Waals surface area contributed by atoms with E-state index in [1.165, 1.54) is 13.2 Å². The molecule has 0 spiro atoms. The molecule has 3 N–H and O–H groups in total. The van der Waals surface area contributed by atoms with Gasteiger partial charge in [0.15, 0.2) is 5.75 Å². The number of nitrogens with two attached hydrogens (primary N) is 1. The van der Waals surface area contributed by atoms with Gasteiger partial charge in [0.05, 0.1) is 18.7 Å². The Kier molecular flexibility index (Phi) is 6.35. The van der Waals surface area contributed by atoms with Gasteiger partial charge in [0.2, 0.25) is 5.75 Å². The van der Waals surface area contributed by atoms with Crippen molar-refractivity contribution in [3.05, 3.63) is 27.8 Å². The lowest BCUT2D eigenvalue weighted by Crippen LogP contribution is -2.11. The highest BCUT2D eigenvalue weighted by molar-refractivity contribution is 5.85. The number of halogens is 2. The minimum absolute atomic E-state index is 0. The van der Waals surface area contributed by atoms with Crippen LogP contribution in [-0.4, -0.2) is 23.8 Å². The maximum atomic E-state index is 12.2. The number of ether oxygens (including phenoxy) is 1. The molecule has 0 aliphatic carbocycles. The van der Waals surface area contributed by atoms with Crippen molar-refractivity contribution in [2.75, 3.05) is 13.8 Å². The van der Waals surface area contributed by atoms with Gasteiger partial charge in [-0.1, -0.05) is 0 Å². The molecular weight excluding hydrogens is 267 g/mol. The normalized spacial score (nSPS) is 11.5. The molecule has 1 aromatic rings. The van der Waals surface area contributed by atoms with Crippen LogP contribution in [0.3, 0.4) is 0 Å². The van der Waals surface area contributed by atoms with Gasteiger partial charge in [0.1, 0.15) is 0 Å². The first kappa shape index (κ1) is 16.4. The van der Waals surface area contributed by atoms with Crippen LogP contribution in [0.2, 0.25) is 0 Å². The molecule has 1 rings (SSSR count). The van der Waals surface area contributed by atoms with Crippen LogP contribution in [0.15, 0.2) is 12.1 Å². The second kappa shape index (κ2) is 6.97. The summed E-state index contributed by atoms with van der Waals surface area (Å²) < 4.78 is 17.0. The fourth-order valence-corrected chi connectivity index (χ4v) is 1.41. The van der Waals surface area contributed by atoms with Crippen LogP contribution in [0.25, 0.3) is 0 Å². The number of rotatable bonds is 5. The van der Waals surface area contributed by atoms with Gasteiger partial charge >= 0.3 is 5.69 Å². The lowest BCUT2D eigenvalue weighted by Gasteiger charge is -2.12. The van der Waals surface area contributed by atoms with Crippen molar-refractivity contribution in [1.29, 1.82) is 0 Å². The topological polar surface area (TPSA) is 98.6 Å². The molecule has 0 saturated carbocycles. The Labute approximate surface area is 109 Å². The summed E-state index contributed by atoms with van der Waals surface area (Å²) in [7, 11) is 1.27. The zero-order valence-corrected chi connectivity index (χ0v) is 10.4. The quantitative estimate of drug-likeness (QED) is 0.635. The highest BCUT2D eigenvalue weighted by Gasteiger charge is 2.21. The average Bonchev–Trinajstić information content (AvgIpc) is 2.29. The molecule has 18 heavy (non-hydrogen) atoms. The lowest BCUT2D eigenvalue weighted by molar-refractivity contribution is -0.386. The molecule has 0 unspecified atom stereocenters. The van der Waals surface area contributed by atoms with Crippen LogP contribution in [-0.2, 0) is 0 Å². The molecule has 102 valence electrons. The molecule has 0 radical (unpaired) electrons. The first-order valence-corrected chi connectivity index (χ1v) is 4.88. The molecule has 0 aromatic heterocycles. The van der Waals surface area contributed by atoms with E-state index in [-0.39, 0.29) is 24.6 Å². The fraction of sp³-hybridized carbons (Fsp3) is 0.400. The number of benzene rings is 1. The van der Waals surface area contributed by atoms with E-state index >= 15 is 0 Å². The Morgan fingerprint density at radius 2 is 2.22 bits per heavy atom. The van der Waals surface area contributed by atoms with E-state index in [2.05, 4.69) is 0 Å². The van der Waals surface area contributed by atoms with Gasteiger partial charge < -0.3 is 15.6 Å². The zero-order chi connectivity index (χ0) is 13.0. The molecule has 1 atom stereocenters. The largest absolute Gasteiger partial charge is 0.500 e. The van der Waals surface area contributed by atoms with Crippen molar-refractivity contribution < 1.29 is 19.2 Å². The number of nitro benzene ring substituents is 1.